The quantitative estimate of drug-likeness (QED) is 0.530. The summed E-state index contributed by atoms with van der Waals surface area (Å²) in [5.74, 6) is -0.450. The molecule has 13 heavy (non-hydrogen) atoms. The second-order valence-corrected chi connectivity index (χ2v) is 3.09. The van der Waals surface area contributed by atoms with Crippen molar-refractivity contribution in [3.05, 3.63) is 18.0 Å². The average molecular weight is 183 g/mol. The van der Waals surface area contributed by atoms with Gasteiger partial charge in [0.25, 0.3) is 0 Å². The standard InChI is InChI=1S/C8H13N3O2/c1-6(2)11-4-3-7(9-11)5-8(12)10-13/h3-4,6,13H,5H2,1-2H3,(H,10,12). The molecule has 0 unspecified atom stereocenters. The Kier molecular flexibility index (Phi) is 3.02. The van der Waals surface area contributed by atoms with Crippen LogP contribution in [0.2, 0.25) is 0 Å². The van der Waals surface area contributed by atoms with Gasteiger partial charge >= 0.3 is 0 Å². The zero-order chi connectivity index (χ0) is 9.84. The Hall–Kier alpha value is -1.36. The Morgan fingerprint density at radius 2 is 2.46 bits per heavy atom. The van der Waals surface area contributed by atoms with E-state index in [-0.39, 0.29) is 12.5 Å². The number of amides is 1. The normalized spacial score (nSPS) is 10.5. The average Bonchev–Trinajstić information content (AvgIpc) is 2.52. The molecule has 0 aliphatic rings. The van der Waals surface area contributed by atoms with Gasteiger partial charge in [0.1, 0.15) is 0 Å². The van der Waals surface area contributed by atoms with Crippen LogP contribution in [-0.2, 0) is 11.2 Å². The Balaban J connectivity index is 2.64. The molecule has 5 nitrogen and oxygen atoms in total. The highest BCUT2D eigenvalue weighted by Crippen LogP contribution is 2.04. The third-order valence-electron chi connectivity index (χ3n) is 1.66. The number of carbonyl (C=O) groups is 1. The van der Waals surface area contributed by atoms with Gasteiger partial charge in [0.2, 0.25) is 5.91 Å². The summed E-state index contributed by atoms with van der Waals surface area (Å²) in [6.45, 7) is 4.01. The molecule has 0 saturated carbocycles. The molecule has 0 fully saturated rings. The summed E-state index contributed by atoms with van der Waals surface area (Å²) in [6.07, 6.45) is 1.92. The third-order valence-corrected chi connectivity index (χ3v) is 1.66. The van der Waals surface area contributed by atoms with Crippen molar-refractivity contribution >= 4 is 5.91 Å². The monoisotopic (exact) mass is 183 g/mol. The molecule has 1 amide bonds. The first-order valence-corrected chi connectivity index (χ1v) is 4.10. The van der Waals surface area contributed by atoms with Crippen LogP contribution in [0.4, 0.5) is 0 Å². The number of aromatic nitrogens is 2. The second-order valence-electron chi connectivity index (χ2n) is 3.09. The molecular weight excluding hydrogens is 170 g/mol. The molecule has 72 valence electrons. The van der Waals surface area contributed by atoms with Gasteiger partial charge < -0.3 is 0 Å². The predicted molar refractivity (Wildman–Crippen MR) is 46.2 cm³/mol. The fraction of sp³-hybridized carbons (Fsp3) is 0.500. The van der Waals surface area contributed by atoms with Crippen molar-refractivity contribution in [3.63, 3.8) is 0 Å². The summed E-state index contributed by atoms with van der Waals surface area (Å²) in [7, 11) is 0. The summed E-state index contributed by atoms with van der Waals surface area (Å²) in [5.41, 5.74) is 2.22. The Morgan fingerprint density at radius 3 is 2.92 bits per heavy atom. The minimum absolute atomic E-state index is 0.107. The Morgan fingerprint density at radius 1 is 1.77 bits per heavy atom. The number of carbonyl (C=O) groups excluding carboxylic acids is 1. The molecule has 0 atom stereocenters. The number of nitrogens with zero attached hydrogens (tertiary/aromatic N) is 2. The van der Waals surface area contributed by atoms with Crippen LogP contribution in [-0.4, -0.2) is 20.9 Å². The first-order valence-electron chi connectivity index (χ1n) is 4.10. The fourth-order valence-electron chi connectivity index (χ4n) is 0.963. The molecule has 1 rings (SSSR count). The highest BCUT2D eigenvalue weighted by atomic mass is 16.5. The summed E-state index contributed by atoms with van der Waals surface area (Å²) in [6, 6.07) is 2.04. The van der Waals surface area contributed by atoms with Gasteiger partial charge in [-0.2, -0.15) is 5.10 Å². The number of hydrogen-bond donors (Lipinski definition) is 2. The van der Waals surface area contributed by atoms with E-state index in [1.807, 2.05) is 20.0 Å². The van der Waals surface area contributed by atoms with Crippen molar-refractivity contribution in [2.24, 2.45) is 0 Å². The van der Waals surface area contributed by atoms with E-state index in [1.165, 1.54) is 0 Å². The van der Waals surface area contributed by atoms with Crippen molar-refractivity contribution in [1.82, 2.24) is 15.3 Å². The van der Waals surface area contributed by atoms with Gasteiger partial charge in [-0.25, -0.2) is 5.48 Å². The van der Waals surface area contributed by atoms with Gasteiger partial charge in [0.15, 0.2) is 0 Å². The molecule has 1 aromatic rings. The van der Waals surface area contributed by atoms with Gasteiger partial charge in [-0.1, -0.05) is 0 Å². The Bertz CT molecular complexity index is 293. The maximum absolute atomic E-state index is 10.7. The van der Waals surface area contributed by atoms with Crippen molar-refractivity contribution < 1.29 is 10.0 Å². The summed E-state index contributed by atoms with van der Waals surface area (Å²) in [5, 5.41) is 12.4. The molecule has 0 aromatic carbocycles. The lowest BCUT2D eigenvalue weighted by molar-refractivity contribution is -0.128. The van der Waals surface area contributed by atoms with Crippen LogP contribution in [0.25, 0.3) is 0 Å². The Labute approximate surface area is 76.3 Å². The molecule has 0 aliphatic heterocycles. The maximum atomic E-state index is 10.7. The van der Waals surface area contributed by atoms with Gasteiger partial charge in [-0.3, -0.25) is 14.7 Å². The summed E-state index contributed by atoms with van der Waals surface area (Å²) < 4.78 is 1.76. The van der Waals surface area contributed by atoms with E-state index in [2.05, 4.69) is 5.10 Å². The van der Waals surface area contributed by atoms with Crippen LogP contribution >= 0.6 is 0 Å². The van der Waals surface area contributed by atoms with E-state index in [4.69, 9.17) is 5.21 Å². The zero-order valence-corrected chi connectivity index (χ0v) is 7.69. The number of hydrogen-bond acceptors (Lipinski definition) is 3. The van der Waals surface area contributed by atoms with Gasteiger partial charge in [-0.05, 0) is 19.9 Å². The SMILES string of the molecule is CC(C)n1ccc(CC(=O)NO)n1. The number of nitrogens with one attached hydrogen (secondary N) is 1. The number of rotatable bonds is 3. The van der Waals surface area contributed by atoms with E-state index in [9.17, 15) is 4.79 Å². The van der Waals surface area contributed by atoms with Gasteiger partial charge in [0.05, 0.1) is 12.1 Å². The topological polar surface area (TPSA) is 67.2 Å². The summed E-state index contributed by atoms with van der Waals surface area (Å²) in [4.78, 5) is 10.7. The molecule has 0 bridgehead atoms. The van der Waals surface area contributed by atoms with Crippen LogP contribution in [0.3, 0.4) is 0 Å². The molecule has 0 aliphatic carbocycles. The van der Waals surface area contributed by atoms with E-state index >= 15 is 0 Å². The van der Waals surface area contributed by atoms with Gasteiger partial charge in [0, 0.05) is 12.2 Å². The van der Waals surface area contributed by atoms with E-state index < -0.39 is 5.91 Å². The molecule has 0 radical (unpaired) electrons. The minimum atomic E-state index is -0.450. The lowest BCUT2D eigenvalue weighted by atomic mass is 10.3. The molecular formula is C8H13N3O2. The van der Waals surface area contributed by atoms with Gasteiger partial charge in [-0.15, -0.1) is 0 Å². The molecule has 1 heterocycles. The first-order chi connectivity index (χ1) is 6.13. The third kappa shape index (κ3) is 2.55. The molecule has 0 saturated heterocycles. The van der Waals surface area contributed by atoms with Crippen molar-refractivity contribution in [2.75, 3.05) is 0 Å². The van der Waals surface area contributed by atoms with Crippen molar-refractivity contribution in [3.8, 4) is 0 Å². The van der Waals surface area contributed by atoms with Crippen LogP contribution in [0.1, 0.15) is 25.6 Å². The largest absolute Gasteiger partial charge is 0.289 e. The molecule has 2 N–H and O–H groups in total. The lowest BCUT2D eigenvalue weighted by Crippen LogP contribution is -2.21. The van der Waals surface area contributed by atoms with Crippen molar-refractivity contribution in [2.45, 2.75) is 26.3 Å². The van der Waals surface area contributed by atoms with E-state index in [0.717, 1.165) is 0 Å². The van der Waals surface area contributed by atoms with Crippen LogP contribution < -0.4 is 5.48 Å². The van der Waals surface area contributed by atoms with E-state index in [1.54, 1.807) is 16.2 Å². The lowest BCUT2D eigenvalue weighted by Gasteiger charge is -2.03. The highest BCUT2D eigenvalue weighted by molar-refractivity contribution is 5.76. The fourth-order valence-corrected chi connectivity index (χ4v) is 0.963. The summed E-state index contributed by atoms with van der Waals surface area (Å²) >= 11 is 0. The number of hydroxylamine groups is 1. The van der Waals surface area contributed by atoms with Crippen LogP contribution in [0, 0.1) is 0 Å². The maximum Gasteiger partial charge on any atom is 0.249 e. The molecule has 0 spiro atoms. The van der Waals surface area contributed by atoms with Crippen LogP contribution in [0.15, 0.2) is 12.3 Å². The first kappa shape index (κ1) is 9.73. The zero-order valence-electron chi connectivity index (χ0n) is 7.69. The second kappa shape index (κ2) is 4.04. The van der Waals surface area contributed by atoms with E-state index in [0.29, 0.717) is 5.69 Å². The molecule has 5 heteroatoms. The van der Waals surface area contributed by atoms with Crippen LogP contribution in [0.5, 0.6) is 0 Å². The minimum Gasteiger partial charge on any atom is -0.289 e. The van der Waals surface area contributed by atoms with Crippen molar-refractivity contribution in [1.29, 1.82) is 0 Å². The smallest absolute Gasteiger partial charge is 0.249 e. The molecule has 1 aromatic heterocycles. The predicted octanol–water partition coefficient (Wildman–Crippen LogP) is 0.512. The highest BCUT2D eigenvalue weighted by Gasteiger charge is 2.06.